The number of ether oxygens (including phenoxy) is 2. The Morgan fingerprint density at radius 2 is 1.88 bits per heavy atom. The Morgan fingerprint density at radius 1 is 1.12 bits per heavy atom. The van der Waals surface area contributed by atoms with E-state index in [0.717, 1.165) is 61.8 Å². The van der Waals surface area contributed by atoms with Crippen LogP contribution >= 0.6 is 0 Å². The fourth-order valence-corrected chi connectivity index (χ4v) is 5.88. The normalized spacial score (nSPS) is 26.2. The minimum absolute atomic E-state index is 0.0199. The van der Waals surface area contributed by atoms with Crippen LogP contribution in [0.2, 0.25) is 0 Å². The van der Waals surface area contributed by atoms with Crippen molar-refractivity contribution in [2.75, 3.05) is 20.3 Å². The average molecular weight is 468 g/mol. The molecule has 3 aliphatic rings. The summed E-state index contributed by atoms with van der Waals surface area (Å²) < 4.78 is 13.3. The predicted octanol–water partition coefficient (Wildman–Crippen LogP) is 4.27. The molecule has 1 saturated heterocycles. The number of nitrogens with one attached hydrogen (secondary N) is 1. The Morgan fingerprint density at radius 3 is 2.59 bits per heavy atom. The van der Waals surface area contributed by atoms with Crippen LogP contribution in [0.5, 0.6) is 5.75 Å². The second-order valence-corrected chi connectivity index (χ2v) is 10.4. The Hall–Kier alpha value is -2.54. The monoisotopic (exact) mass is 467 g/mol. The van der Waals surface area contributed by atoms with E-state index in [-0.39, 0.29) is 24.0 Å². The lowest BCUT2D eigenvalue weighted by atomic mass is 9.91. The highest BCUT2D eigenvalue weighted by molar-refractivity contribution is 6.03. The van der Waals surface area contributed by atoms with E-state index in [1.165, 1.54) is 19.3 Å². The molecule has 0 unspecified atom stereocenters. The second-order valence-electron chi connectivity index (χ2n) is 10.4. The van der Waals surface area contributed by atoms with Crippen LogP contribution in [0.1, 0.15) is 75.2 Å². The molecule has 5 rings (SSSR count). The molecule has 7 heteroatoms. The van der Waals surface area contributed by atoms with E-state index in [2.05, 4.69) is 5.32 Å². The number of carbonyl (C=O) groups is 2. The fourth-order valence-electron chi connectivity index (χ4n) is 5.88. The van der Waals surface area contributed by atoms with E-state index in [1.807, 2.05) is 35.8 Å². The van der Waals surface area contributed by atoms with E-state index in [4.69, 9.17) is 9.47 Å². The first-order valence-electron chi connectivity index (χ1n) is 12.9. The maximum atomic E-state index is 13.9. The Balaban J connectivity index is 1.49. The van der Waals surface area contributed by atoms with Crippen LogP contribution in [-0.2, 0) is 16.1 Å². The molecule has 1 saturated carbocycles. The molecule has 0 bridgehead atoms. The van der Waals surface area contributed by atoms with E-state index >= 15 is 0 Å². The second kappa shape index (κ2) is 9.61. The molecule has 2 aliphatic heterocycles. The van der Waals surface area contributed by atoms with Gasteiger partial charge in [0.25, 0.3) is 5.91 Å². The summed E-state index contributed by atoms with van der Waals surface area (Å²) in [6.45, 7) is 3.50. The van der Waals surface area contributed by atoms with Crippen molar-refractivity contribution in [3.05, 3.63) is 30.0 Å². The van der Waals surface area contributed by atoms with Crippen molar-refractivity contribution in [2.24, 2.45) is 0 Å². The maximum Gasteiger partial charge on any atom is 0.271 e. The van der Waals surface area contributed by atoms with Crippen molar-refractivity contribution in [1.29, 1.82) is 0 Å². The van der Waals surface area contributed by atoms with E-state index in [0.29, 0.717) is 18.8 Å². The summed E-state index contributed by atoms with van der Waals surface area (Å²) in [5.41, 5.74) is 0.551. The molecule has 2 fully saturated rings. The van der Waals surface area contributed by atoms with Crippen molar-refractivity contribution in [1.82, 2.24) is 14.8 Å². The third kappa shape index (κ3) is 4.30. The van der Waals surface area contributed by atoms with Crippen LogP contribution in [0.4, 0.5) is 0 Å². The molecule has 1 aromatic carbocycles. The largest absolute Gasteiger partial charge is 0.497 e. The van der Waals surface area contributed by atoms with Crippen molar-refractivity contribution < 1.29 is 19.1 Å². The van der Waals surface area contributed by atoms with Crippen LogP contribution in [0.25, 0.3) is 10.9 Å². The zero-order chi connectivity index (χ0) is 23.7. The first-order chi connectivity index (χ1) is 16.5. The third-order valence-corrected chi connectivity index (χ3v) is 7.98. The van der Waals surface area contributed by atoms with Crippen molar-refractivity contribution in [3.63, 3.8) is 0 Å². The first-order valence-corrected chi connectivity index (χ1v) is 12.9. The topological polar surface area (TPSA) is 72.8 Å². The summed E-state index contributed by atoms with van der Waals surface area (Å²) >= 11 is 0. The molecule has 3 heterocycles. The van der Waals surface area contributed by atoms with Gasteiger partial charge in [-0.25, -0.2) is 0 Å². The Bertz CT molecular complexity index is 1050. The quantitative estimate of drug-likeness (QED) is 0.713. The molecule has 1 aliphatic carbocycles. The molecule has 1 aromatic heterocycles. The van der Waals surface area contributed by atoms with Gasteiger partial charge >= 0.3 is 0 Å². The van der Waals surface area contributed by atoms with Crippen molar-refractivity contribution in [2.45, 2.75) is 88.9 Å². The van der Waals surface area contributed by atoms with Gasteiger partial charge in [-0.3, -0.25) is 9.59 Å². The zero-order valence-corrected chi connectivity index (χ0v) is 20.5. The third-order valence-electron chi connectivity index (χ3n) is 7.98. The Kier molecular flexibility index (Phi) is 6.56. The van der Waals surface area contributed by atoms with Crippen LogP contribution in [0, 0.1) is 0 Å². The summed E-state index contributed by atoms with van der Waals surface area (Å²) in [7, 11) is 1.64. The van der Waals surface area contributed by atoms with Gasteiger partial charge in [0.1, 0.15) is 17.0 Å². The Labute approximate surface area is 201 Å². The van der Waals surface area contributed by atoms with Gasteiger partial charge in [-0.2, -0.15) is 0 Å². The molecule has 2 atom stereocenters. The molecule has 184 valence electrons. The van der Waals surface area contributed by atoms with Gasteiger partial charge in [0.2, 0.25) is 5.91 Å². The van der Waals surface area contributed by atoms with Gasteiger partial charge in [-0.1, -0.05) is 32.1 Å². The van der Waals surface area contributed by atoms with Gasteiger partial charge in [0, 0.05) is 30.6 Å². The molecule has 0 radical (unpaired) electrons. The SMILES string of the molecule is COc1ccc2cc3n(c2c1)C[C@@](C)(C(=O)NC1CCCCCCC1)N(C[C@H]1CCCO1)C3=O. The number of benzene rings is 1. The summed E-state index contributed by atoms with van der Waals surface area (Å²) in [6.07, 6.45) is 9.96. The smallest absolute Gasteiger partial charge is 0.271 e. The predicted molar refractivity (Wildman–Crippen MR) is 131 cm³/mol. The molecular weight excluding hydrogens is 430 g/mol. The van der Waals surface area contributed by atoms with Gasteiger partial charge in [-0.05, 0) is 50.8 Å². The zero-order valence-electron chi connectivity index (χ0n) is 20.5. The molecule has 2 amide bonds. The summed E-state index contributed by atoms with van der Waals surface area (Å²) in [5, 5.41) is 4.33. The molecule has 1 N–H and O–H groups in total. The number of amides is 2. The van der Waals surface area contributed by atoms with Crippen LogP contribution in [-0.4, -0.2) is 59.2 Å². The molecule has 0 spiro atoms. The van der Waals surface area contributed by atoms with Crippen LogP contribution in [0.15, 0.2) is 24.3 Å². The van der Waals surface area contributed by atoms with Gasteiger partial charge in [0.15, 0.2) is 0 Å². The van der Waals surface area contributed by atoms with Crippen molar-refractivity contribution in [3.8, 4) is 5.75 Å². The van der Waals surface area contributed by atoms with Crippen molar-refractivity contribution >= 4 is 22.7 Å². The molecule has 34 heavy (non-hydrogen) atoms. The number of methoxy groups -OCH3 is 1. The lowest BCUT2D eigenvalue weighted by Crippen LogP contribution is -2.66. The number of rotatable bonds is 5. The fraction of sp³-hybridized carbons (Fsp3) is 0.630. The van der Waals surface area contributed by atoms with E-state index in [1.54, 1.807) is 12.0 Å². The summed E-state index contributed by atoms with van der Waals surface area (Å²) in [6, 6.07) is 7.94. The highest BCUT2D eigenvalue weighted by Gasteiger charge is 2.49. The number of hydrogen-bond donors (Lipinski definition) is 1. The van der Waals surface area contributed by atoms with Gasteiger partial charge in [-0.15, -0.1) is 0 Å². The molecule has 7 nitrogen and oxygen atoms in total. The number of carbonyl (C=O) groups excluding carboxylic acids is 2. The minimum Gasteiger partial charge on any atom is -0.497 e. The number of nitrogens with zero attached hydrogens (tertiary/aromatic N) is 2. The first kappa shape index (κ1) is 23.2. The lowest BCUT2D eigenvalue weighted by molar-refractivity contribution is -0.134. The van der Waals surface area contributed by atoms with E-state index in [9.17, 15) is 9.59 Å². The van der Waals surface area contributed by atoms with Gasteiger partial charge in [0.05, 0.1) is 25.3 Å². The highest BCUT2D eigenvalue weighted by Crippen LogP contribution is 2.35. The van der Waals surface area contributed by atoms with Crippen LogP contribution in [0.3, 0.4) is 0 Å². The van der Waals surface area contributed by atoms with Gasteiger partial charge < -0.3 is 24.3 Å². The maximum absolute atomic E-state index is 13.9. The van der Waals surface area contributed by atoms with Crippen LogP contribution < -0.4 is 10.1 Å². The standard InChI is InChI=1S/C27H37N3O4/c1-27(26(32)28-20-9-6-4-3-5-7-10-20)18-29-23-16-21(33-2)13-12-19(23)15-24(29)25(31)30(27)17-22-11-8-14-34-22/h12-13,15-16,20,22H,3-11,14,17-18H2,1-2H3,(H,28,32)/t22-,27+/m1/s1. The number of fused-ring (bicyclic) bond motifs is 3. The number of aromatic nitrogens is 1. The molecule has 2 aromatic rings. The molecular formula is C27H37N3O4. The summed E-state index contributed by atoms with van der Waals surface area (Å²) in [5.74, 6) is 0.579. The minimum atomic E-state index is -0.993. The highest BCUT2D eigenvalue weighted by atomic mass is 16.5. The van der Waals surface area contributed by atoms with E-state index < -0.39 is 5.54 Å². The number of hydrogen-bond acceptors (Lipinski definition) is 4. The average Bonchev–Trinajstić information content (AvgIpc) is 3.46. The summed E-state index contributed by atoms with van der Waals surface area (Å²) in [4.78, 5) is 29.6. The lowest BCUT2D eigenvalue weighted by Gasteiger charge is -2.45.